The van der Waals surface area contributed by atoms with Gasteiger partial charge in [-0.25, -0.2) is 4.79 Å². The number of rotatable bonds is 3. The summed E-state index contributed by atoms with van der Waals surface area (Å²) in [7, 11) is 0. The second-order valence-corrected chi connectivity index (χ2v) is 5.49. The first-order chi connectivity index (χ1) is 9.65. The van der Waals surface area contributed by atoms with Crippen LogP contribution in [0.3, 0.4) is 0 Å². The molecular weight excluding hydrogens is 274 g/mol. The molecule has 0 spiro atoms. The average Bonchev–Trinajstić information content (AvgIpc) is 2.77. The van der Waals surface area contributed by atoms with E-state index in [-0.39, 0.29) is 11.1 Å². The lowest BCUT2D eigenvalue weighted by Crippen LogP contribution is -2.13. The molecule has 0 aliphatic carbocycles. The highest BCUT2D eigenvalue weighted by Crippen LogP contribution is 2.17. The lowest BCUT2D eigenvalue weighted by atomic mass is 10.1. The van der Waals surface area contributed by atoms with Gasteiger partial charge in [0.2, 0.25) is 0 Å². The maximum atomic E-state index is 12.2. The quantitative estimate of drug-likeness (QED) is 0.805. The molecule has 5 heteroatoms. The highest BCUT2D eigenvalue weighted by atomic mass is 32.1. The van der Waals surface area contributed by atoms with Gasteiger partial charge in [-0.05, 0) is 29.8 Å². The van der Waals surface area contributed by atoms with Crippen molar-refractivity contribution in [2.45, 2.75) is 6.54 Å². The Bertz CT molecular complexity index is 830. The molecule has 1 N–H and O–H groups in total. The number of carbonyl (C=O) groups is 1. The minimum Gasteiger partial charge on any atom is -0.478 e. The molecule has 4 nitrogen and oxygen atoms in total. The van der Waals surface area contributed by atoms with E-state index in [4.69, 9.17) is 5.11 Å². The minimum atomic E-state index is -0.949. The molecule has 0 saturated heterocycles. The molecule has 0 unspecified atom stereocenters. The van der Waals surface area contributed by atoms with Crippen LogP contribution in [-0.2, 0) is 6.54 Å². The molecule has 1 aromatic heterocycles. The van der Waals surface area contributed by atoms with Crippen LogP contribution in [0.4, 0.5) is 0 Å². The Balaban J connectivity index is 1.95. The number of fused-ring (bicyclic) bond motifs is 1. The summed E-state index contributed by atoms with van der Waals surface area (Å²) in [6.07, 6.45) is 0. The van der Waals surface area contributed by atoms with E-state index in [2.05, 4.69) is 0 Å². The first kappa shape index (κ1) is 12.6. The van der Waals surface area contributed by atoms with Gasteiger partial charge in [0.1, 0.15) is 0 Å². The van der Waals surface area contributed by atoms with Gasteiger partial charge in [-0.1, -0.05) is 35.8 Å². The summed E-state index contributed by atoms with van der Waals surface area (Å²) in [4.78, 5) is 23.0. The van der Waals surface area contributed by atoms with Crippen molar-refractivity contribution >= 4 is 27.6 Å². The average molecular weight is 285 g/mol. The Kier molecular flexibility index (Phi) is 3.12. The predicted molar refractivity (Wildman–Crippen MR) is 78.6 cm³/mol. The molecule has 0 bridgehead atoms. The molecule has 3 rings (SSSR count). The van der Waals surface area contributed by atoms with E-state index < -0.39 is 5.97 Å². The summed E-state index contributed by atoms with van der Waals surface area (Å²) < 4.78 is 2.64. The number of carboxylic acids is 1. The normalized spacial score (nSPS) is 10.8. The summed E-state index contributed by atoms with van der Waals surface area (Å²) in [5, 5.41) is 9.57. The van der Waals surface area contributed by atoms with Gasteiger partial charge in [-0.15, -0.1) is 0 Å². The smallest absolute Gasteiger partial charge is 0.335 e. The lowest BCUT2D eigenvalue weighted by Gasteiger charge is -2.01. The van der Waals surface area contributed by atoms with Gasteiger partial charge in [0, 0.05) is 0 Å². The van der Waals surface area contributed by atoms with Crippen molar-refractivity contribution < 1.29 is 9.90 Å². The molecule has 0 saturated carbocycles. The molecule has 0 radical (unpaired) electrons. The van der Waals surface area contributed by atoms with E-state index in [0.29, 0.717) is 6.54 Å². The largest absolute Gasteiger partial charge is 0.478 e. The zero-order valence-corrected chi connectivity index (χ0v) is 11.3. The van der Waals surface area contributed by atoms with Gasteiger partial charge in [0.05, 0.1) is 22.2 Å². The van der Waals surface area contributed by atoms with Gasteiger partial charge in [-0.2, -0.15) is 0 Å². The molecule has 1 heterocycles. The Hall–Kier alpha value is -2.40. The molecular formula is C15H11NO3S. The second kappa shape index (κ2) is 4.94. The Morgan fingerprint density at radius 2 is 1.80 bits per heavy atom. The predicted octanol–water partition coefficient (Wildman–Crippen LogP) is 2.81. The van der Waals surface area contributed by atoms with E-state index in [0.717, 1.165) is 15.6 Å². The number of nitrogens with zero attached hydrogens (tertiary/aromatic N) is 1. The van der Waals surface area contributed by atoms with Gasteiger partial charge >= 0.3 is 5.97 Å². The van der Waals surface area contributed by atoms with E-state index in [1.165, 1.54) is 11.5 Å². The van der Waals surface area contributed by atoms with E-state index in [1.807, 2.05) is 24.3 Å². The molecule has 3 aromatic rings. The lowest BCUT2D eigenvalue weighted by molar-refractivity contribution is 0.0697. The van der Waals surface area contributed by atoms with Crippen LogP contribution in [0.5, 0.6) is 0 Å². The van der Waals surface area contributed by atoms with Gasteiger partial charge < -0.3 is 5.11 Å². The topological polar surface area (TPSA) is 59.3 Å². The van der Waals surface area contributed by atoms with Crippen LogP contribution in [0.1, 0.15) is 15.9 Å². The molecule has 0 fully saturated rings. The highest BCUT2D eigenvalue weighted by Gasteiger charge is 2.08. The molecule has 2 aromatic carbocycles. The SMILES string of the molecule is O=C(O)c1ccc(Cn2sc3ccccc3c2=O)cc1. The maximum Gasteiger partial charge on any atom is 0.335 e. The molecule has 0 aliphatic rings. The van der Waals surface area contributed by atoms with E-state index in [9.17, 15) is 9.59 Å². The van der Waals surface area contributed by atoms with Crippen LogP contribution in [0.25, 0.3) is 10.1 Å². The standard InChI is InChI=1S/C15H11NO3S/c17-14-12-3-1-2-4-13(12)20-16(14)9-10-5-7-11(8-6-10)15(18)19/h1-8H,9H2,(H,18,19). The first-order valence-electron chi connectivity index (χ1n) is 6.06. The van der Waals surface area contributed by atoms with Crippen molar-refractivity contribution in [1.29, 1.82) is 0 Å². The minimum absolute atomic E-state index is 0.00656. The third-order valence-electron chi connectivity index (χ3n) is 3.08. The van der Waals surface area contributed by atoms with Gasteiger partial charge in [0.15, 0.2) is 0 Å². The highest BCUT2D eigenvalue weighted by molar-refractivity contribution is 7.13. The fourth-order valence-corrected chi connectivity index (χ4v) is 3.07. The summed E-state index contributed by atoms with van der Waals surface area (Å²) in [6.45, 7) is 0.456. The third-order valence-corrected chi connectivity index (χ3v) is 4.15. The van der Waals surface area contributed by atoms with E-state index >= 15 is 0 Å². The Labute approximate surface area is 118 Å². The summed E-state index contributed by atoms with van der Waals surface area (Å²) in [5.41, 5.74) is 1.15. The van der Waals surface area contributed by atoms with Crippen molar-refractivity contribution in [2.24, 2.45) is 0 Å². The van der Waals surface area contributed by atoms with Crippen molar-refractivity contribution in [1.82, 2.24) is 3.96 Å². The summed E-state index contributed by atoms with van der Waals surface area (Å²) in [6, 6.07) is 14.1. The summed E-state index contributed by atoms with van der Waals surface area (Å²) >= 11 is 1.42. The molecule has 20 heavy (non-hydrogen) atoms. The van der Waals surface area contributed by atoms with Crippen molar-refractivity contribution in [2.75, 3.05) is 0 Å². The molecule has 0 aliphatic heterocycles. The van der Waals surface area contributed by atoms with Crippen LogP contribution in [0.2, 0.25) is 0 Å². The third kappa shape index (κ3) is 2.23. The van der Waals surface area contributed by atoms with Crippen LogP contribution in [-0.4, -0.2) is 15.0 Å². The first-order valence-corrected chi connectivity index (χ1v) is 6.83. The van der Waals surface area contributed by atoms with Gasteiger partial charge in [0.25, 0.3) is 5.56 Å². The van der Waals surface area contributed by atoms with Crippen molar-refractivity contribution in [3.63, 3.8) is 0 Å². The van der Waals surface area contributed by atoms with Crippen molar-refractivity contribution in [3.05, 3.63) is 70.0 Å². The zero-order chi connectivity index (χ0) is 14.1. The van der Waals surface area contributed by atoms with Crippen LogP contribution >= 0.6 is 11.5 Å². The Morgan fingerprint density at radius 3 is 2.45 bits per heavy atom. The molecule has 0 atom stereocenters. The van der Waals surface area contributed by atoms with Crippen molar-refractivity contribution in [3.8, 4) is 0 Å². The fraction of sp³-hybridized carbons (Fsp3) is 0.0667. The summed E-state index contributed by atoms with van der Waals surface area (Å²) in [5.74, 6) is -0.949. The number of aromatic nitrogens is 1. The van der Waals surface area contributed by atoms with Crippen LogP contribution in [0.15, 0.2) is 53.3 Å². The number of benzene rings is 2. The monoisotopic (exact) mass is 285 g/mol. The fourth-order valence-electron chi connectivity index (χ4n) is 2.04. The van der Waals surface area contributed by atoms with Gasteiger partial charge in [-0.3, -0.25) is 8.75 Å². The number of hydrogen-bond donors (Lipinski definition) is 1. The zero-order valence-electron chi connectivity index (χ0n) is 10.4. The number of hydrogen-bond acceptors (Lipinski definition) is 3. The van der Waals surface area contributed by atoms with Crippen LogP contribution < -0.4 is 5.56 Å². The number of aromatic carboxylic acids is 1. The Morgan fingerprint density at radius 1 is 1.10 bits per heavy atom. The molecule has 0 amide bonds. The van der Waals surface area contributed by atoms with E-state index in [1.54, 1.807) is 28.2 Å². The maximum absolute atomic E-state index is 12.2. The second-order valence-electron chi connectivity index (χ2n) is 4.43. The van der Waals surface area contributed by atoms with Crippen LogP contribution in [0, 0.1) is 0 Å². The number of carboxylic acid groups (broad SMARTS) is 1. The molecule has 100 valence electrons.